The van der Waals surface area contributed by atoms with Crippen LogP contribution in [0.5, 0.6) is 0 Å². The molecule has 0 atom stereocenters. The van der Waals surface area contributed by atoms with E-state index < -0.39 is 0 Å². The van der Waals surface area contributed by atoms with Crippen LogP contribution < -0.4 is 4.90 Å². The fraction of sp³-hybridized carbons (Fsp3) is 0.0545. The minimum absolute atomic E-state index is 0.0994. The first-order valence-corrected chi connectivity index (χ1v) is 20.9. The molecule has 11 aromatic rings. The number of hydrogen-bond donors (Lipinski definition) is 0. The molecule has 0 spiro atoms. The SMILES string of the molecule is CC1(C)c2ccccc2-c2ccc(N(c3ccccc3)c3ccc4sc5c6ccccc6c6c(c7ccc(-c8ccccc8)cc7n6-c6ccccc6)c5c4c3)cc21. The molecule has 0 saturated carbocycles. The van der Waals surface area contributed by atoms with Crippen LogP contribution in [0, 0.1) is 0 Å². The van der Waals surface area contributed by atoms with E-state index in [1.54, 1.807) is 0 Å². The van der Waals surface area contributed by atoms with Gasteiger partial charge < -0.3 is 9.47 Å². The molecule has 0 amide bonds. The van der Waals surface area contributed by atoms with Gasteiger partial charge in [-0.05, 0) is 94.0 Å². The van der Waals surface area contributed by atoms with Gasteiger partial charge >= 0.3 is 0 Å². The summed E-state index contributed by atoms with van der Waals surface area (Å²) in [6.45, 7) is 4.73. The molecule has 0 unspecified atom stereocenters. The molecule has 2 aromatic heterocycles. The highest BCUT2D eigenvalue weighted by molar-refractivity contribution is 7.27. The molecule has 1 aliphatic carbocycles. The number of nitrogens with zero attached hydrogens (tertiary/aromatic N) is 2. The van der Waals surface area contributed by atoms with Crippen LogP contribution in [0.15, 0.2) is 194 Å². The van der Waals surface area contributed by atoms with E-state index in [0.717, 1.165) is 22.7 Å². The van der Waals surface area contributed by atoms with E-state index in [2.05, 4.69) is 217 Å². The third-order valence-corrected chi connectivity index (χ3v) is 13.7. The van der Waals surface area contributed by atoms with E-state index in [4.69, 9.17) is 0 Å². The van der Waals surface area contributed by atoms with Crippen molar-refractivity contribution < 1.29 is 0 Å². The van der Waals surface area contributed by atoms with Crippen molar-refractivity contribution in [1.29, 1.82) is 0 Å². The third kappa shape index (κ3) is 4.77. The Bertz CT molecular complexity index is 3410. The summed E-state index contributed by atoms with van der Waals surface area (Å²) in [7, 11) is 0. The second-order valence-electron chi connectivity index (χ2n) is 16.1. The van der Waals surface area contributed by atoms with Gasteiger partial charge in [0.2, 0.25) is 0 Å². The summed E-state index contributed by atoms with van der Waals surface area (Å²) in [4.78, 5) is 2.44. The van der Waals surface area contributed by atoms with Gasteiger partial charge in [0, 0.05) is 69.9 Å². The molecule has 0 bridgehead atoms. The Morgan fingerprint density at radius 3 is 1.91 bits per heavy atom. The Kier molecular flexibility index (Phi) is 7.18. The van der Waals surface area contributed by atoms with Gasteiger partial charge in [0.25, 0.3) is 0 Å². The highest BCUT2D eigenvalue weighted by Gasteiger charge is 2.36. The second kappa shape index (κ2) is 12.5. The average Bonchev–Trinajstić information content (AvgIpc) is 3.90. The van der Waals surface area contributed by atoms with Crippen LogP contribution in [0.2, 0.25) is 0 Å². The van der Waals surface area contributed by atoms with Gasteiger partial charge in [-0.1, -0.05) is 147 Å². The summed E-state index contributed by atoms with van der Waals surface area (Å²) in [6, 6.07) is 71.7. The average molecular weight is 759 g/mol. The molecule has 0 saturated heterocycles. The van der Waals surface area contributed by atoms with Gasteiger partial charge in [-0.2, -0.15) is 0 Å². The highest BCUT2D eigenvalue weighted by atomic mass is 32.1. The first-order valence-electron chi connectivity index (χ1n) is 20.1. The third-order valence-electron chi connectivity index (χ3n) is 12.5. The van der Waals surface area contributed by atoms with Gasteiger partial charge in [0.05, 0.1) is 11.0 Å². The van der Waals surface area contributed by atoms with Crippen LogP contribution in [-0.4, -0.2) is 4.57 Å². The van der Waals surface area contributed by atoms with Crippen LogP contribution in [0.4, 0.5) is 17.1 Å². The fourth-order valence-corrected chi connectivity index (χ4v) is 11.1. The van der Waals surface area contributed by atoms with E-state index in [1.807, 2.05) is 11.3 Å². The zero-order valence-corrected chi connectivity index (χ0v) is 33.1. The molecule has 2 heterocycles. The number of thiophene rings is 1. The summed E-state index contributed by atoms with van der Waals surface area (Å²) >= 11 is 1.91. The lowest BCUT2D eigenvalue weighted by Crippen LogP contribution is -2.16. The van der Waals surface area contributed by atoms with Crippen LogP contribution in [0.3, 0.4) is 0 Å². The summed E-state index contributed by atoms with van der Waals surface area (Å²) in [5.41, 5.74) is 14.8. The molecule has 0 aliphatic heterocycles. The zero-order valence-electron chi connectivity index (χ0n) is 32.3. The zero-order chi connectivity index (χ0) is 38.5. The van der Waals surface area contributed by atoms with Crippen molar-refractivity contribution in [3.63, 3.8) is 0 Å². The molecule has 274 valence electrons. The maximum atomic E-state index is 2.51. The Hall–Kier alpha value is -6.94. The molecule has 0 fully saturated rings. The van der Waals surface area contributed by atoms with Crippen LogP contribution >= 0.6 is 11.3 Å². The molecule has 0 radical (unpaired) electrons. The van der Waals surface area contributed by atoms with Gasteiger partial charge in [-0.15, -0.1) is 11.3 Å². The minimum atomic E-state index is -0.0994. The summed E-state index contributed by atoms with van der Waals surface area (Å²) in [5, 5.41) is 7.73. The lowest BCUT2D eigenvalue weighted by atomic mass is 9.82. The number of fused-ring (bicyclic) bond motifs is 13. The van der Waals surface area contributed by atoms with Crippen molar-refractivity contribution >= 4 is 81.1 Å². The number of hydrogen-bond acceptors (Lipinski definition) is 2. The van der Waals surface area contributed by atoms with Crippen LogP contribution in [-0.2, 0) is 5.41 Å². The van der Waals surface area contributed by atoms with Crippen molar-refractivity contribution in [2.24, 2.45) is 0 Å². The molecule has 12 rings (SSSR count). The predicted octanol–water partition coefficient (Wildman–Crippen LogP) is 15.7. The highest BCUT2D eigenvalue weighted by Crippen LogP contribution is 2.52. The largest absolute Gasteiger partial charge is 0.310 e. The maximum absolute atomic E-state index is 2.51. The Morgan fingerprint density at radius 2 is 1.10 bits per heavy atom. The molecule has 3 heteroatoms. The van der Waals surface area contributed by atoms with Crippen molar-refractivity contribution in [1.82, 2.24) is 4.57 Å². The summed E-state index contributed by atoms with van der Waals surface area (Å²) in [6.07, 6.45) is 0. The number of anilines is 3. The molecule has 1 aliphatic rings. The van der Waals surface area contributed by atoms with E-state index in [-0.39, 0.29) is 5.41 Å². The number of aromatic nitrogens is 1. The molecule has 2 nitrogen and oxygen atoms in total. The molecule has 58 heavy (non-hydrogen) atoms. The predicted molar refractivity (Wildman–Crippen MR) is 249 cm³/mol. The second-order valence-corrected chi connectivity index (χ2v) is 17.1. The quantitative estimate of drug-likeness (QED) is 0.170. The first kappa shape index (κ1) is 33.2. The van der Waals surface area contributed by atoms with Crippen molar-refractivity contribution in [2.75, 3.05) is 4.90 Å². The molecule has 0 N–H and O–H groups in total. The lowest BCUT2D eigenvalue weighted by molar-refractivity contribution is 0.660. The maximum Gasteiger partial charge on any atom is 0.0626 e. The van der Waals surface area contributed by atoms with E-state index in [1.165, 1.54) is 86.1 Å². The topological polar surface area (TPSA) is 8.17 Å². The number of rotatable bonds is 5. The molecule has 9 aromatic carbocycles. The molecular weight excluding hydrogens is 721 g/mol. The van der Waals surface area contributed by atoms with Gasteiger partial charge in [-0.3, -0.25) is 0 Å². The van der Waals surface area contributed by atoms with Crippen molar-refractivity contribution in [2.45, 2.75) is 19.3 Å². The number of para-hydroxylation sites is 2. The van der Waals surface area contributed by atoms with E-state index in [9.17, 15) is 0 Å². The normalized spacial score (nSPS) is 13.1. The minimum Gasteiger partial charge on any atom is -0.310 e. The summed E-state index contributed by atoms with van der Waals surface area (Å²) < 4.78 is 5.13. The van der Waals surface area contributed by atoms with Gasteiger partial charge in [0.1, 0.15) is 0 Å². The number of benzene rings is 9. The van der Waals surface area contributed by atoms with E-state index in [0.29, 0.717) is 0 Å². The Morgan fingerprint density at radius 1 is 0.448 bits per heavy atom. The van der Waals surface area contributed by atoms with Crippen LogP contribution in [0.1, 0.15) is 25.0 Å². The fourth-order valence-electron chi connectivity index (χ4n) is 9.86. The van der Waals surface area contributed by atoms with Gasteiger partial charge in [-0.25, -0.2) is 0 Å². The molecular formula is C55H38N2S. The Labute approximate surface area is 341 Å². The van der Waals surface area contributed by atoms with Crippen molar-refractivity contribution in [3.8, 4) is 27.9 Å². The standard InChI is InChI=1S/C55H38N2S/c1-55(2)47-25-15-14-22-41(47)42-30-27-40(34-48(42)55)56(37-18-8-4-9-19-37)39-28-31-50-46(33-39)52-51-45-29-26-36(35-16-6-3-7-17-35)32-49(45)57(38-20-10-5-11-21-38)53(51)43-23-12-13-24-44(43)54(52)58-50/h3-34H,1-2H3. The first-order chi connectivity index (χ1) is 28.5. The van der Waals surface area contributed by atoms with Gasteiger partial charge in [0.15, 0.2) is 0 Å². The monoisotopic (exact) mass is 758 g/mol. The smallest absolute Gasteiger partial charge is 0.0626 e. The summed E-state index contributed by atoms with van der Waals surface area (Å²) in [5.74, 6) is 0. The van der Waals surface area contributed by atoms with Crippen LogP contribution in [0.25, 0.3) is 80.7 Å². The van der Waals surface area contributed by atoms with E-state index >= 15 is 0 Å². The van der Waals surface area contributed by atoms with Crippen molar-refractivity contribution in [3.05, 3.63) is 205 Å². The lowest BCUT2D eigenvalue weighted by Gasteiger charge is -2.28. The Balaban J connectivity index is 1.16.